The SMILES string of the molecule is Cc1ccc(-c2nc(-c3ccccc3)cc(-c3ccccc3)p2)cc1. The van der Waals surface area contributed by atoms with E-state index in [9.17, 15) is 0 Å². The molecule has 1 nitrogen and oxygen atoms in total. The summed E-state index contributed by atoms with van der Waals surface area (Å²) in [4.78, 5) is 4.97. The molecule has 0 N–H and O–H groups in total. The third-order valence-corrected chi connectivity index (χ3v) is 5.37. The van der Waals surface area contributed by atoms with Crippen LogP contribution < -0.4 is 0 Å². The Hall–Kier alpha value is -2.76. The standard InChI is InChI=1S/C23H18NP/c1-17-12-14-20(15-13-17)23-24-21(18-8-4-2-5-9-18)16-22(25-23)19-10-6-3-7-11-19/h2-16H,1H3. The van der Waals surface area contributed by atoms with Crippen molar-refractivity contribution < 1.29 is 0 Å². The Bertz CT molecular complexity index is 920. The molecule has 0 saturated carbocycles. The molecular formula is C23H18NP. The number of benzene rings is 3. The molecule has 0 unspecified atom stereocenters. The molecule has 1 aromatic heterocycles. The lowest BCUT2D eigenvalue weighted by molar-refractivity contribution is 1.36. The van der Waals surface area contributed by atoms with E-state index in [0.717, 1.165) is 24.9 Å². The van der Waals surface area contributed by atoms with Gasteiger partial charge in [0.05, 0.1) is 11.1 Å². The van der Waals surface area contributed by atoms with E-state index in [-0.39, 0.29) is 0 Å². The molecule has 4 rings (SSSR count). The first-order chi connectivity index (χ1) is 12.3. The van der Waals surface area contributed by atoms with Gasteiger partial charge in [0.15, 0.2) is 0 Å². The number of hydrogen-bond donors (Lipinski definition) is 0. The summed E-state index contributed by atoms with van der Waals surface area (Å²) >= 11 is 0. The van der Waals surface area contributed by atoms with Crippen LogP contribution in [0.1, 0.15) is 5.56 Å². The second-order valence-electron chi connectivity index (χ2n) is 6.06. The average molecular weight is 339 g/mol. The van der Waals surface area contributed by atoms with E-state index in [2.05, 4.69) is 91.9 Å². The molecular weight excluding hydrogens is 321 g/mol. The van der Waals surface area contributed by atoms with Crippen LogP contribution >= 0.6 is 8.19 Å². The monoisotopic (exact) mass is 339 g/mol. The molecule has 0 aliphatic rings. The number of aromatic nitrogens is 1. The predicted molar refractivity (Wildman–Crippen MR) is 108 cm³/mol. The molecule has 0 aliphatic carbocycles. The van der Waals surface area contributed by atoms with Crippen molar-refractivity contribution in [1.82, 2.24) is 4.98 Å². The van der Waals surface area contributed by atoms with Gasteiger partial charge in [-0.3, -0.25) is 0 Å². The summed E-state index contributed by atoms with van der Waals surface area (Å²) in [5.41, 5.74) is 6.96. The molecule has 0 bridgehead atoms. The van der Waals surface area contributed by atoms with Crippen LogP contribution in [0.2, 0.25) is 0 Å². The van der Waals surface area contributed by atoms with Gasteiger partial charge < -0.3 is 0 Å². The highest BCUT2D eigenvalue weighted by Gasteiger charge is 2.09. The van der Waals surface area contributed by atoms with Crippen molar-refractivity contribution in [2.24, 2.45) is 0 Å². The van der Waals surface area contributed by atoms with Crippen LogP contribution in [-0.4, -0.2) is 4.98 Å². The molecule has 0 amide bonds. The normalized spacial score (nSPS) is 10.9. The topological polar surface area (TPSA) is 12.9 Å². The van der Waals surface area contributed by atoms with Crippen LogP contribution in [-0.2, 0) is 0 Å². The fraction of sp³-hybridized carbons (Fsp3) is 0.0435. The summed E-state index contributed by atoms with van der Waals surface area (Å²) in [6.45, 7) is 2.11. The first-order valence-electron chi connectivity index (χ1n) is 8.36. The van der Waals surface area contributed by atoms with Crippen molar-refractivity contribution in [1.29, 1.82) is 0 Å². The quantitative estimate of drug-likeness (QED) is 0.393. The number of rotatable bonds is 3. The van der Waals surface area contributed by atoms with Gasteiger partial charge in [0.2, 0.25) is 0 Å². The molecule has 0 saturated heterocycles. The van der Waals surface area contributed by atoms with E-state index in [1.807, 2.05) is 6.07 Å². The van der Waals surface area contributed by atoms with Crippen molar-refractivity contribution in [3.8, 4) is 33.1 Å². The van der Waals surface area contributed by atoms with E-state index in [0.29, 0.717) is 0 Å². The lowest BCUT2D eigenvalue weighted by Crippen LogP contribution is -1.87. The van der Waals surface area contributed by atoms with Gasteiger partial charge >= 0.3 is 0 Å². The van der Waals surface area contributed by atoms with Gasteiger partial charge in [-0.25, -0.2) is 4.98 Å². The van der Waals surface area contributed by atoms with Crippen molar-refractivity contribution in [3.05, 3.63) is 96.6 Å². The predicted octanol–water partition coefficient (Wildman–Crippen LogP) is 6.97. The molecule has 25 heavy (non-hydrogen) atoms. The van der Waals surface area contributed by atoms with Crippen molar-refractivity contribution in [3.63, 3.8) is 0 Å². The highest BCUT2D eigenvalue weighted by atomic mass is 31.0. The van der Waals surface area contributed by atoms with Crippen LogP contribution in [0.4, 0.5) is 0 Å². The fourth-order valence-electron chi connectivity index (χ4n) is 2.79. The summed E-state index contributed by atoms with van der Waals surface area (Å²) in [7, 11) is 1.14. The number of nitrogens with zero attached hydrogens (tertiary/aromatic N) is 1. The molecule has 3 aromatic carbocycles. The highest BCUT2D eigenvalue weighted by molar-refractivity contribution is 7.37. The maximum Gasteiger partial charge on any atom is 0.0982 e. The van der Waals surface area contributed by atoms with Crippen LogP contribution in [0, 0.1) is 6.92 Å². The summed E-state index contributed by atoms with van der Waals surface area (Å²) in [6.07, 6.45) is 0. The lowest BCUT2D eigenvalue weighted by Gasteiger charge is -2.10. The minimum Gasteiger partial charge on any atom is -0.243 e. The van der Waals surface area contributed by atoms with Gasteiger partial charge in [-0.15, -0.1) is 0 Å². The summed E-state index contributed by atoms with van der Waals surface area (Å²) in [5, 5.41) is 1.28. The minimum atomic E-state index is 1.02. The Kier molecular flexibility index (Phi) is 4.41. The third-order valence-electron chi connectivity index (χ3n) is 4.18. The highest BCUT2D eigenvalue weighted by Crippen LogP contribution is 2.38. The molecule has 2 heteroatoms. The van der Waals surface area contributed by atoms with Gasteiger partial charge in [-0.05, 0) is 26.7 Å². The minimum absolute atomic E-state index is 1.02. The van der Waals surface area contributed by atoms with Crippen molar-refractivity contribution in [2.45, 2.75) is 6.92 Å². The summed E-state index contributed by atoms with van der Waals surface area (Å²) in [6, 6.07) is 31.8. The van der Waals surface area contributed by atoms with Crippen LogP contribution in [0.25, 0.3) is 33.1 Å². The first kappa shape index (κ1) is 15.7. The Morgan fingerprint density at radius 1 is 0.640 bits per heavy atom. The van der Waals surface area contributed by atoms with E-state index in [1.54, 1.807) is 0 Å². The zero-order valence-corrected chi connectivity index (χ0v) is 14.9. The third kappa shape index (κ3) is 3.52. The molecule has 0 radical (unpaired) electrons. The second-order valence-corrected chi connectivity index (χ2v) is 7.19. The molecule has 0 atom stereocenters. The maximum atomic E-state index is 4.97. The fourth-order valence-corrected chi connectivity index (χ4v) is 3.92. The van der Waals surface area contributed by atoms with Crippen LogP contribution in [0.5, 0.6) is 0 Å². The maximum absolute atomic E-state index is 4.97. The molecule has 0 spiro atoms. The van der Waals surface area contributed by atoms with E-state index in [4.69, 9.17) is 4.98 Å². The van der Waals surface area contributed by atoms with Crippen LogP contribution in [0.3, 0.4) is 0 Å². The van der Waals surface area contributed by atoms with E-state index < -0.39 is 0 Å². The van der Waals surface area contributed by atoms with Crippen LogP contribution in [0.15, 0.2) is 91.0 Å². The van der Waals surface area contributed by atoms with Gasteiger partial charge in [0, 0.05) is 16.4 Å². The Morgan fingerprint density at radius 2 is 1.24 bits per heavy atom. The molecule has 4 aromatic rings. The van der Waals surface area contributed by atoms with Gasteiger partial charge in [0.25, 0.3) is 0 Å². The Balaban J connectivity index is 1.90. The number of hydrogen-bond acceptors (Lipinski definition) is 1. The second kappa shape index (κ2) is 7.01. The zero-order valence-electron chi connectivity index (χ0n) is 14.1. The largest absolute Gasteiger partial charge is 0.243 e. The van der Waals surface area contributed by atoms with Crippen molar-refractivity contribution in [2.75, 3.05) is 0 Å². The average Bonchev–Trinajstić information content (AvgIpc) is 2.69. The lowest BCUT2D eigenvalue weighted by atomic mass is 10.1. The Morgan fingerprint density at radius 3 is 1.88 bits per heavy atom. The Labute approximate surface area is 150 Å². The van der Waals surface area contributed by atoms with E-state index >= 15 is 0 Å². The van der Waals surface area contributed by atoms with Gasteiger partial charge in [0.1, 0.15) is 0 Å². The van der Waals surface area contributed by atoms with Gasteiger partial charge in [-0.1, -0.05) is 90.5 Å². The molecule has 120 valence electrons. The van der Waals surface area contributed by atoms with E-state index in [1.165, 1.54) is 22.0 Å². The molecule has 0 fully saturated rings. The summed E-state index contributed by atoms with van der Waals surface area (Å²) in [5.74, 6) is 0. The molecule has 0 aliphatic heterocycles. The smallest absolute Gasteiger partial charge is 0.0982 e. The number of aryl methyl sites for hydroxylation is 1. The zero-order chi connectivity index (χ0) is 17.1. The molecule has 1 heterocycles. The van der Waals surface area contributed by atoms with Gasteiger partial charge in [-0.2, -0.15) is 0 Å². The first-order valence-corrected chi connectivity index (χ1v) is 9.26. The van der Waals surface area contributed by atoms with Crippen molar-refractivity contribution >= 4 is 8.19 Å². The summed E-state index contributed by atoms with van der Waals surface area (Å²) < 4.78 is 0.